The molecular weight excluding hydrogens is 310 g/mol. The molecule has 3 rings (SSSR count). The van der Waals surface area contributed by atoms with Crippen molar-refractivity contribution in [1.82, 2.24) is 14.8 Å². The molecule has 2 heterocycles. The van der Waals surface area contributed by atoms with Crippen LogP contribution < -0.4 is 4.74 Å². The highest BCUT2D eigenvalue weighted by Crippen LogP contribution is 2.20. The first-order chi connectivity index (χ1) is 12.3. The van der Waals surface area contributed by atoms with E-state index in [2.05, 4.69) is 39.9 Å². The van der Waals surface area contributed by atoms with Gasteiger partial charge in [0, 0.05) is 38.1 Å². The molecule has 0 bridgehead atoms. The summed E-state index contributed by atoms with van der Waals surface area (Å²) in [5.41, 5.74) is 2.60. The molecule has 0 spiro atoms. The maximum atomic E-state index is 5.28. The molecule has 1 saturated heterocycles. The van der Waals surface area contributed by atoms with Crippen LogP contribution in [0.1, 0.15) is 30.9 Å². The average Bonchev–Trinajstić information content (AvgIpc) is 3.10. The van der Waals surface area contributed by atoms with Crippen molar-refractivity contribution in [3.63, 3.8) is 0 Å². The first kappa shape index (κ1) is 17.9. The van der Waals surface area contributed by atoms with Gasteiger partial charge in [0.05, 0.1) is 7.11 Å². The van der Waals surface area contributed by atoms with E-state index in [4.69, 9.17) is 4.74 Å². The fourth-order valence-electron chi connectivity index (χ4n) is 3.74. The van der Waals surface area contributed by atoms with Gasteiger partial charge in [0.15, 0.2) is 0 Å². The Morgan fingerprint density at radius 2 is 1.96 bits per heavy atom. The normalized spacial score (nSPS) is 18.0. The predicted molar refractivity (Wildman–Crippen MR) is 102 cm³/mol. The van der Waals surface area contributed by atoms with E-state index in [1.54, 1.807) is 7.11 Å². The van der Waals surface area contributed by atoms with Crippen molar-refractivity contribution < 1.29 is 4.74 Å². The molecule has 0 aliphatic carbocycles. The Kier molecular flexibility index (Phi) is 6.42. The summed E-state index contributed by atoms with van der Waals surface area (Å²) in [6.07, 6.45) is 6.45. The zero-order valence-electron chi connectivity index (χ0n) is 15.4. The Morgan fingerprint density at radius 3 is 2.64 bits per heavy atom. The summed E-state index contributed by atoms with van der Waals surface area (Å²) in [6, 6.07) is 13.3. The van der Waals surface area contributed by atoms with Crippen LogP contribution in [-0.2, 0) is 13.1 Å². The number of aromatic nitrogens is 1. The van der Waals surface area contributed by atoms with Gasteiger partial charge in [-0.1, -0.05) is 25.1 Å². The highest BCUT2D eigenvalue weighted by Gasteiger charge is 2.25. The smallest absolute Gasteiger partial charge is 0.118 e. The van der Waals surface area contributed by atoms with E-state index >= 15 is 0 Å². The largest absolute Gasteiger partial charge is 0.497 e. The van der Waals surface area contributed by atoms with Gasteiger partial charge in [-0.3, -0.25) is 14.8 Å². The van der Waals surface area contributed by atoms with Gasteiger partial charge >= 0.3 is 0 Å². The van der Waals surface area contributed by atoms with Crippen molar-refractivity contribution >= 4 is 0 Å². The Bertz CT molecular complexity index is 629. The summed E-state index contributed by atoms with van der Waals surface area (Å²) >= 11 is 0. The second-order valence-corrected chi connectivity index (χ2v) is 6.80. The van der Waals surface area contributed by atoms with Crippen LogP contribution in [0.2, 0.25) is 0 Å². The number of likely N-dealkylation sites (tertiary alicyclic amines) is 1. The van der Waals surface area contributed by atoms with E-state index in [0.717, 1.165) is 31.9 Å². The number of nitrogens with zero attached hydrogens (tertiary/aromatic N) is 3. The van der Waals surface area contributed by atoms with Gasteiger partial charge in [-0.15, -0.1) is 0 Å². The van der Waals surface area contributed by atoms with Crippen molar-refractivity contribution in [1.29, 1.82) is 0 Å². The minimum absolute atomic E-state index is 0.667. The molecule has 0 N–H and O–H groups in total. The molecule has 1 aliphatic rings. The van der Waals surface area contributed by atoms with Crippen molar-refractivity contribution in [3.8, 4) is 5.75 Å². The molecule has 25 heavy (non-hydrogen) atoms. The number of benzene rings is 1. The van der Waals surface area contributed by atoms with Gasteiger partial charge in [0.1, 0.15) is 5.75 Å². The van der Waals surface area contributed by atoms with E-state index in [0.29, 0.717) is 6.04 Å². The van der Waals surface area contributed by atoms with Gasteiger partial charge in [0.2, 0.25) is 0 Å². The van der Waals surface area contributed by atoms with Gasteiger partial charge in [0.25, 0.3) is 0 Å². The van der Waals surface area contributed by atoms with E-state index in [9.17, 15) is 0 Å². The number of likely N-dealkylation sites (N-methyl/N-ethyl adjacent to an activating group) is 1. The first-order valence-corrected chi connectivity index (χ1v) is 9.26. The van der Waals surface area contributed by atoms with Gasteiger partial charge in [-0.25, -0.2) is 0 Å². The summed E-state index contributed by atoms with van der Waals surface area (Å²) in [7, 11) is 1.71. The van der Waals surface area contributed by atoms with Gasteiger partial charge in [-0.05, 0) is 55.3 Å². The number of hydrogen-bond acceptors (Lipinski definition) is 4. The first-order valence-electron chi connectivity index (χ1n) is 9.26. The lowest BCUT2D eigenvalue weighted by Gasteiger charge is -2.30. The van der Waals surface area contributed by atoms with Crippen molar-refractivity contribution in [2.75, 3.05) is 26.7 Å². The second kappa shape index (κ2) is 8.97. The topological polar surface area (TPSA) is 28.6 Å². The highest BCUT2D eigenvalue weighted by atomic mass is 16.5. The number of hydrogen-bond donors (Lipinski definition) is 0. The van der Waals surface area contributed by atoms with Crippen LogP contribution in [0.25, 0.3) is 0 Å². The summed E-state index contributed by atoms with van der Waals surface area (Å²) in [6.45, 7) is 7.65. The van der Waals surface area contributed by atoms with E-state index in [1.807, 2.05) is 30.6 Å². The molecule has 134 valence electrons. The third kappa shape index (κ3) is 5.03. The Labute approximate surface area is 151 Å². The maximum absolute atomic E-state index is 5.28. The van der Waals surface area contributed by atoms with Crippen molar-refractivity contribution in [3.05, 3.63) is 59.9 Å². The van der Waals surface area contributed by atoms with E-state index in [1.165, 1.54) is 30.5 Å². The molecule has 4 heteroatoms. The van der Waals surface area contributed by atoms with Crippen LogP contribution in [0.3, 0.4) is 0 Å². The fourth-order valence-corrected chi connectivity index (χ4v) is 3.74. The lowest BCUT2D eigenvalue weighted by atomic mass is 10.1. The number of ether oxygens (including phenoxy) is 1. The minimum atomic E-state index is 0.667. The fraction of sp³-hybridized carbons (Fsp3) is 0.476. The van der Waals surface area contributed by atoms with Gasteiger partial charge < -0.3 is 4.74 Å². The molecule has 0 amide bonds. The number of methoxy groups -OCH3 is 1. The average molecular weight is 339 g/mol. The lowest BCUT2D eigenvalue weighted by molar-refractivity contribution is 0.166. The standard InChI is InChI=1S/C21H29N3O/c1-3-24-13-5-7-20(24)17-23(16-19-6-4-12-22-14-19)15-18-8-10-21(25-2)11-9-18/h4,6,8-12,14,20H,3,5,7,13,15-17H2,1-2H3. The molecule has 1 aromatic heterocycles. The number of pyridine rings is 1. The minimum Gasteiger partial charge on any atom is -0.497 e. The zero-order chi connectivity index (χ0) is 17.5. The van der Waals surface area contributed by atoms with Crippen LogP contribution >= 0.6 is 0 Å². The Morgan fingerprint density at radius 1 is 1.16 bits per heavy atom. The summed E-state index contributed by atoms with van der Waals surface area (Å²) in [5.74, 6) is 0.913. The Hall–Kier alpha value is -1.91. The third-order valence-corrected chi connectivity index (χ3v) is 5.07. The molecular formula is C21H29N3O. The molecule has 1 aromatic carbocycles. The summed E-state index contributed by atoms with van der Waals surface area (Å²) in [5, 5.41) is 0. The third-order valence-electron chi connectivity index (χ3n) is 5.07. The molecule has 4 nitrogen and oxygen atoms in total. The second-order valence-electron chi connectivity index (χ2n) is 6.80. The van der Waals surface area contributed by atoms with Crippen LogP contribution in [0.15, 0.2) is 48.8 Å². The van der Waals surface area contributed by atoms with Crippen molar-refractivity contribution in [2.45, 2.75) is 38.9 Å². The van der Waals surface area contributed by atoms with E-state index in [-0.39, 0.29) is 0 Å². The van der Waals surface area contributed by atoms with Crippen LogP contribution in [0.5, 0.6) is 5.75 Å². The van der Waals surface area contributed by atoms with Crippen molar-refractivity contribution in [2.24, 2.45) is 0 Å². The van der Waals surface area contributed by atoms with Gasteiger partial charge in [-0.2, -0.15) is 0 Å². The van der Waals surface area contributed by atoms with Crippen LogP contribution in [0.4, 0.5) is 0 Å². The monoisotopic (exact) mass is 339 g/mol. The molecule has 1 fully saturated rings. The van der Waals surface area contributed by atoms with Crippen LogP contribution in [-0.4, -0.2) is 47.6 Å². The maximum Gasteiger partial charge on any atom is 0.118 e. The molecule has 0 radical (unpaired) electrons. The molecule has 0 saturated carbocycles. The zero-order valence-corrected chi connectivity index (χ0v) is 15.4. The molecule has 1 aliphatic heterocycles. The highest BCUT2D eigenvalue weighted by molar-refractivity contribution is 5.27. The SMILES string of the molecule is CCN1CCCC1CN(Cc1ccc(OC)cc1)Cc1cccnc1. The predicted octanol–water partition coefficient (Wildman–Crippen LogP) is 3.58. The molecule has 2 aromatic rings. The van der Waals surface area contributed by atoms with E-state index < -0.39 is 0 Å². The van der Waals surface area contributed by atoms with Crippen LogP contribution in [0, 0.1) is 0 Å². The quantitative estimate of drug-likeness (QED) is 0.735. The summed E-state index contributed by atoms with van der Waals surface area (Å²) in [4.78, 5) is 9.45. The number of rotatable bonds is 8. The molecule has 1 unspecified atom stereocenters. The lowest BCUT2D eigenvalue weighted by Crippen LogP contribution is -2.39. The Balaban J connectivity index is 1.70. The summed E-state index contributed by atoms with van der Waals surface area (Å²) < 4.78 is 5.28. The molecule has 1 atom stereocenters.